The van der Waals surface area contributed by atoms with Crippen LogP contribution in [0.2, 0.25) is 0 Å². The lowest BCUT2D eigenvalue weighted by atomic mass is 10.1. The molecule has 1 unspecified atom stereocenters. The number of hydrogen-bond donors (Lipinski definition) is 1. The van der Waals surface area contributed by atoms with E-state index < -0.39 is 10.0 Å². The van der Waals surface area contributed by atoms with Crippen LogP contribution >= 0.6 is 12.4 Å². The standard InChI is InChI=1S/C14H17N3O2S.ClH/c15-9-11-6-8-17(10-11)20(18,19)14-5-1-4-13-12(14)3-2-7-16-13;/h1-5,7,11H,6,8-10,15H2;1H. The molecule has 2 aromatic rings. The number of benzene rings is 1. The molecule has 0 amide bonds. The average Bonchev–Trinajstić information content (AvgIpc) is 2.96. The lowest BCUT2D eigenvalue weighted by Crippen LogP contribution is -2.30. The SMILES string of the molecule is Cl.NCC1CCN(S(=O)(=O)c2cccc3ncccc23)C1. The van der Waals surface area contributed by atoms with E-state index in [-0.39, 0.29) is 18.3 Å². The van der Waals surface area contributed by atoms with E-state index in [9.17, 15) is 8.42 Å². The van der Waals surface area contributed by atoms with Gasteiger partial charge in [-0.2, -0.15) is 4.31 Å². The number of halogens is 1. The zero-order chi connectivity index (χ0) is 14.2. The molecule has 7 heteroatoms. The number of sulfonamides is 1. The first kappa shape index (κ1) is 16.2. The molecular formula is C14H18ClN3O2S. The number of pyridine rings is 1. The van der Waals surface area contributed by atoms with Crippen molar-refractivity contribution in [2.24, 2.45) is 11.7 Å². The van der Waals surface area contributed by atoms with Crippen molar-refractivity contribution < 1.29 is 8.42 Å². The Morgan fingerprint density at radius 1 is 1.29 bits per heavy atom. The molecule has 1 aromatic heterocycles. The van der Waals surface area contributed by atoms with Crippen LogP contribution in [0.15, 0.2) is 41.4 Å². The Bertz CT molecular complexity index is 731. The van der Waals surface area contributed by atoms with Gasteiger partial charge in [0.1, 0.15) is 0 Å². The lowest BCUT2D eigenvalue weighted by Gasteiger charge is -2.17. The molecule has 0 radical (unpaired) electrons. The van der Waals surface area contributed by atoms with E-state index in [4.69, 9.17) is 5.73 Å². The molecule has 0 spiro atoms. The monoisotopic (exact) mass is 327 g/mol. The fourth-order valence-electron chi connectivity index (χ4n) is 2.65. The summed E-state index contributed by atoms with van der Waals surface area (Å²) < 4.78 is 27.1. The summed E-state index contributed by atoms with van der Waals surface area (Å²) in [7, 11) is -3.47. The van der Waals surface area contributed by atoms with Gasteiger partial charge in [-0.3, -0.25) is 4.98 Å². The maximum Gasteiger partial charge on any atom is 0.243 e. The molecule has 3 rings (SSSR count). The van der Waals surface area contributed by atoms with Crippen LogP contribution in [0.1, 0.15) is 6.42 Å². The van der Waals surface area contributed by atoms with E-state index in [2.05, 4.69) is 4.98 Å². The highest BCUT2D eigenvalue weighted by atomic mass is 35.5. The Hall–Kier alpha value is -1.21. The summed E-state index contributed by atoms with van der Waals surface area (Å²) >= 11 is 0. The third-order valence-corrected chi connectivity index (χ3v) is 5.73. The molecule has 1 atom stereocenters. The molecule has 1 fully saturated rings. The topological polar surface area (TPSA) is 76.3 Å². The zero-order valence-corrected chi connectivity index (χ0v) is 13.1. The molecule has 1 saturated heterocycles. The van der Waals surface area contributed by atoms with Crippen LogP contribution in [0.4, 0.5) is 0 Å². The molecule has 5 nitrogen and oxygen atoms in total. The first-order valence-corrected chi connectivity index (χ1v) is 8.11. The molecule has 1 aliphatic heterocycles. The molecule has 21 heavy (non-hydrogen) atoms. The maximum absolute atomic E-state index is 12.8. The predicted octanol–water partition coefficient (Wildman–Crippen LogP) is 1.63. The van der Waals surface area contributed by atoms with E-state index in [1.165, 1.54) is 4.31 Å². The molecule has 2 N–H and O–H groups in total. The van der Waals surface area contributed by atoms with Gasteiger partial charge in [-0.25, -0.2) is 8.42 Å². The Balaban J connectivity index is 0.00000161. The van der Waals surface area contributed by atoms with Crippen LogP contribution in [0, 0.1) is 5.92 Å². The van der Waals surface area contributed by atoms with Crippen LogP contribution in [0.25, 0.3) is 10.9 Å². The molecule has 0 aliphatic carbocycles. The van der Waals surface area contributed by atoms with Crippen molar-refractivity contribution in [2.45, 2.75) is 11.3 Å². The first-order valence-electron chi connectivity index (χ1n) is 6.67. The van der Waals surface area contributed by atoms with Gasteiger partial charge in [-0.15, -0.1) is 12.4 Å². The summed E-state index contributed by atoms with van der Waals surface area (Å²) in [5, 5.41) is 0.672. The van der Waals surface area contributed by atoms with Crippen molar-refractivity contribution in [3.05, 3.63) is 36.5 Å². The van der Waals surface area contributed by atoms with Crippen LogP contribution in [-0.4, -0.2) is 37.3 Å². The van der Waals surface area contributed by atoms with Gasteiger partial charge >= 0.3 is 0 Å². The number of nitrogens with zero attached hydrogens (tertiary/aromatic N) is 2. The van der Waals surface area contributed by atoms with Crippen molar-refractivity contribution in [1.82, 2.24) is 9.29 Å². The van der Waals surface area contributed by atoms with Crippen molar-refractivity contribution >= 4 is 33.3 Å². The zero-order valence-electron chi connectivity index (χ0n) is 11.5. The minimum absolute atomic E-state index is 0. The van der Waals surface area contributed by atoms with Crippen LogP contribution in [0.3, 0.4) is 0 Å². The van der Waals surface area contributed by atoms with Gasteiger partial charge in [0.2, 0.25) is 10.0 Å². The fourth-order valence-corrected chi connectivity index (χ4v) is 4.38. The molecule has 1 aliphatic rings. The molecule has 0 saturated carbocycles. The number of nitrogens with two attached hydrogens (primary N) is 1. The largest absolute Gasteiger partial charge is 0.330 e. The Kier molecular flexibility index (Phi) is 4.83. The van der Waals surface area contributed by atoms with Crippen molar-refractivity contribution in [1.29, 1.82) is 0 Å². The van der Waals surface area contributed by atoms with Gasteiger partial charge in [0.25, 0.3) is 0 Å². The van der Waals surface area contributed by atoms with E-state index in [1.54, 1.807) is 30.5 Å². The van der Waals surface area contributed by atoms with Crippen molar-refractivity contribution in [2.75, 3.05) is 19.6 Å². The van der Waals surface area contributed by atoms with E-state index in [0.29, 0.717) is 35.4 Å². The average molecular weight is 328 g/mol. The third kappa shape index (κ3) is 2.89. The third-order valence-electron chi connectivity index (χ3n) is 3.81. The molecule has 114 valence electrons. The smallest absolute Gasteiger partial charge is 0.243 e. The minimum atomic E-state index is -3.47. The quantitative estimate of drug-likeness (QED) is 0.929. The number of fused-ring (bicyclic) bond motifs is 1. The van der Waals surface area contributed by atoms with E-state index in [0.717, 1.165) is 6.42 Å². The predicted molar refractivity (Wildman–Crippen MR) is 84.9 cm³/mol. The molecular weight excluding hydrogens is 310 g/mol. The minimum Gasteiger partial charge on any atom is -0.330 e. The van der Waals surface area contributed by atoms with Gasteiger partial charge in [0, 0.05) is 24.7 Å². The second-order valence-electron chi connectivity index (χ2n) is 5.08. The van der Waals surface area contributed by atoms with Gasteiger partial charge in [0.15, 0.2) is 0 Å². The molecule has 1 aromatic carbocycles. The Morgan fingerprint density at radius 2 is 2.10 bits per heavy atom. The summed E-state index contributed by atoms with van der Waals surface area (Å²) in [6.45, 7) is 1.58. The lowest BCUT2D eigenvalue weighted by molar-refractivity contribution is 0.459. The van der Waals surface area contributed by atoms with Gasteiger partial charge < -0.3 is 5.73 Å². The van der Waals surface area contributed by atoms with Gasteiger partial charge in [-0.1, -0.05) is 6.07 Å². The highest BCUT2D eigenvalue weighted by Gasteiger charge is 2.32. The highest BCUT2D eigenvalue weighted by molar-refractivity contribution is 7.89. The Morgan fingerprint density at radius 3 is 2.81 bits per heavy atom. The molecule has 0 bridgehead atoms. The summed E-state index contributed by atoms with van der Waals surface area (Å²) in [4.78, 5) is 4.54. The summed E-state index contributed by atoms with van der Waals surface area (Å²) in [6.07, 6.45) is 2.50. The van der Waals surface area contributed by atoms with Crippen molar-refractivity contribution in [3.8, 4) is 0 Å². The van der Waals surface area contributed by atoms with Gasteiger partial charge in [-0.05, 0) is 43.1 Å². The summed E-state index contributed by atoms with van der Waals surface area (Å²) in [6, 6.07) is 8.76. The first-order chi connectivity index (χ1) is 9.63. The Labute approximate surface area is 130 Å². The van der Waals surface area contributed by atoms with Gasteiger partial charge in [0.05, 0.1) is 10.4 Å². The normalized spacial score (nSPS) is 19.6. The van der Waals surface area contributed by atoms with Crippen LogP contribution in [0.5, 0.6) is 0 Å². The van der Waals surface area contributed by atoms with Crippen LogP contribution < -0.4 is 5.73 Å². The van der Waals surface area contributed by atoms with E-state index >= 15 is 0 Å². The maximum atomic E-state index is 12.8. The second kappa shape index (κ2) is 6.27. The second-order valence-corrected chi connectivity index (χ2v) is 6.99. The number of rotatable bonds is 3. The van der Waals surface area contributed by atoms with Crippen molar-refractivity contribution in [3.63, 3.8) is 0 Å². The van der Waals surface area contributed by atoms with E-state index in [1.807, 2.05) is 6.07 Å². The number of hydrogen-bond acceptors (Lipinski definition) is 4. The highest BCUT2D eigenvalue weighted by Crippen LogP contribution is 2.28. The fraction of sp³-hybridized carbons (Fsp3) is 0.357. The molecule has 2 heterocycles. The summed E-state index contributed by atoms with van der Waals surface area (Å²) in [5.41, 5.74) is 6.33. The summed E-state index contributed by atoms with van der Waals surface area (Å²) in [5.74, 6) is 0.262. The van der Waals surface area contributed by atoms with Crippen LogP contribution in [-0.2, 0) is 10.0 Å². The number of aromatic nitrogens is 1.